The molecule has 2 aromatic heterocycles. The van der Waals surface area contributed by atoms with Crippen LogP contribution in [-0.4, -0.2) is 15.5 Å². The Morgan fingerprint density at radius 3 is 2.77 bits per heavy atom. The van der Waals surface area contributed by atoms with Crippen LogP contribution in [0, 0.1) is 6.92 Å². The first-order valence-corrected chi connectivity index (χ1v) is 8.31. The van der Waals surface area contributed by atoms with E-state index in [9.17, 15) is 4.79 Å². The van der Waals surface area contributed by atoms with Crippen molar-refractivity contribution in [3.05, 3.63) is 45.6 Å². The minimum atomic E-state index is -0.0854. The molecule has 0 aliphatic rings. The van der Waals surface area contributed by atoms with Crippen LogP contribution in [0.25, 0.3) is 11.0 Å². The third-order valence-electron chi connectivity index (χ3n) is 3.76. The summed E-state index contributed by atoms with van der Waals surface area (Å²) in [5.41, 5.74) is 3.12. The molecule has 3 aromatic rings. The Balaban J connectivity index is 1.93. The Morgan fingerprint density at radius 1 is 1.32 bits per heavy atom. The molecule has 4 nitrogen and oxygen atoms in total. The molecule has 5 heteroatoms. The van der Waals surface area contributed by atoms with Gasteiger partial charge in [0, 0.05) is 11.4 Å². The van der Waals surface area contributed by atoms with E-state index in [4.69, 9.17) is 0 Å². The van der Waals surface area contributed by atoms with Gasteiger partial charge in [-0.05, 0) is 44.0 Å². The van der Waals surface area contributed by atoms with Gasteiger partial charge in [-0.2, -0.15) is 0 Å². The summed E-state index contributed by atoms with van der Waals surface area (Å²) in [4.78, 5) is 19.0. The second-order valence-corrected chi connectivity index (χ2v) is 6.33. The average Bonchev–Trinajstić information content (AvgIpc) is 3.06. The smallest absolute Gasteiger partial charge is 0.268 e. The van der Waals surface area contributed by atoms with Crippen molar-refractivity contribution in [2.24, 2.45) is 0 Å². The molecule has 114 valence electrons. The maximum Gasteiger partial charge on any atom is 0.268 e. The molecule has 0 spiro atoms. The average molecular weight is 313 g/mol. The minimum Gasteiger partial charge on any atom is -0.310 e. The molecule has 1 amide bonds. The molecule has 0 aliphatic carbocycles. The molecule has 0 unspecified atom stereocenters. The summed E-state index contributed by atoms with van der Waals surface area (Å²) in [7, 11) is 0. The Kier molecular flexibility index (Phi) is 3.98. The van der Waals surface area contributed by atoms with Gasteiger partial charge in [-0.3, -0.25) is 10.1 Å². The van der Waals surface area contributed by atoms with Crippen LogP contribution in [-0.2, 0) is 13.0 Å². The zero-order valence-electron chi connectivity index (χ0n) is 13.0. The van der Waals surface area contributed by atoms with E-state index < -0.39 is 0 Å². The van der Waals surface area contributed by atoms with Crippen LogP contribution in [0.5, 0.6) is 0 Å². The highest BCUT2D eigenvalue weighted by molar-refractivity contribution is 7.14. The molecule has 22 heavy (non-hydrogen) atoms. The lowest BCUT2D eigenvalue weighted by molar-refractivity contribution is 0.102. The molecule has 1 N–H and O–H groups in total. The molecule has 0 radical (unpaired) electrons. The van der Waals surface area contributed by atoms with E-state index in [1.165, 1.54) is 10.4 Å². The van der Waals surface area contributed by atoms with E-state index in [0.29, 0.717) is 5.95 Å². The van der Waals surface area contributed by atoms with Crippen molar-refractivity contribution in [1.82, 2.24) is 9.55 Å². The van der Waals surface area contributed by atoms with E-state index in [-0.39, 0.29) is 5.91 Å². The van der Waals surface area contributed by atoms with Gasteiger partial charge in [0.2, 0.25) is 5.95 Å². The topological polar surface area (TPSA) is 46.9 Å². The van der Waals surface area contributed by atoms with Gasteiger partial charge in [0.15, 0.2) is 0 Å². The number of nitrogens with zero attached hydrogens (tertiary/aromatic N) is 2. The van der Waals surface area contributed by atoms with Gasteiger partial charge >= 0.3 is 0 Å². The first-order chi connectivity index (χ1) is 10.6. The van der Waals surface area contributed by atoms with Gasteiger partial charge in [0.05, 0.1) is 15.9 Å². The summed E-state index contributed by atoms with van der Waals surface area (Å²) < 4.78 is 2.02. The van der Waals surface area contributed by atoms with E-state index >= 15 is 0 Å². The summed E-state index contributed by atoms with van der Waals surface area (Å²) in [6, 6.07) is 9.88. The zero-order chi connectivity index (χ0) is 15.7. The first-order valence-electron chi connectivity index (χ1n) is 7.50. The Bertz CT molecular complexity index is 832. The fraction of sp³-hybridized carbons (Fsp3) is 0.294. The number of fused-ring (bicyclic) bond motifs is 1. The van der Waals surface area contributed by atoms with E-state index in [1.807, 2.05) is 48.7 Å². The molecular weight excluding hydrogens is 294 g/mol. The van der Waals surface area contributed by atoms with Gasteiger partial charge in [0.1, 0.15) is 0 Å². The van der Waals surface area contributed by atoms with Crippen molar-refractivity contribution in [2.45, 2.75) is 33.7 Å². The number of hydrogen-bond acceptors (Lipinski definition) is 3. The number of thiophene rings is 1. The molecule has 0 saturated carbocycles. The quantitative estimate of drug-likeness (QED) is 0.783. The minimum absolute atomic E-state index is 0.0854. The highest BCUT2D eigenvalue weighted by atomic mass is 32.1. The molecule has 0 aliphatic heterocycles. The molecular formula is C17H19N3OS. The van der Waals surface area contributed by atoms with Crippen molar-refractivity contribution in [3.8, 4) is 0 Å². The molecule has 2 heterocycles. The second-order valence-electron chi connectivity index (χ2n) is 5.19. The van der Waals surface area contributed by atoms with Gasteiger partial charge in [-0.15, -0.1) is 11.3 Å². The number of hydrogen-bond donors (Lipinski definition) is 1. The third kappa shape index (κ3) is 2.52. The first kappa shape index (κ1) is 14.8. The van der Waals surface area contributed by atoms with Gasteiger partial charge in [-0.1, -0.05) is 19.1 Å². The second kappa shape index (κ2) is 5.93. The summed E-state index contributed by atoms with van der Waals surface area (Å²) >= 11 is 1.56. The van der Waals surface area contributed by atoms with Crippen molar-refractivity contribution in [2.75, 3.05) is 5.32 Å². The van der Waals surface area contributed by atoms with E-state index in [0.717, 1.165) is 28.9 Å². The third-order valence-corrected chi connectivity index (χ3v) is 5.14. The van der Waals surface area contributed by atoms with Crippen LogP contribution in [0.1, 0.15) is 34.0 Å². The van der Waals surface area contributed by atoms with Crippen molar-refractivity contribution < 1.29 is 4.79 Å². The fourth-order valence-corrected chi connectivity index (χ4v) is 3.65. The number of carbonyl (C=O) groups excluding carboxylic acids is 1. The van der Waals surface area contributed by atoms with Crippen LogP contribution in [0.15, 0.2) is 30.3 Å². The predicted molar refractivity (Wildman–Crippen MR) is 91.8 cm³/mol. The number of nitrogens with one attached hydrogen (secondary N) is 1. The number of imidazole rings is 1. The van der Waals surface area contributed by atoms with Crippen molar-refractivity contribution in [1.29, 1.82) is 0 Å². The number of benzene rings is 1. The van der Waals surface area contributed by atoms with Crippen molar-refractivity contribution in [3.63, 3.8) is 0 Å². The molecule has 1 aromatic carbocycles. The number of aromatic nitrogens is 2. The van der Waals surface area contributed by atoms with Gasteiger partial charge in [-0.25, -0.2) is 4.98 Å². The maximum absolute atomic E-state index is 12.5. The number of rotatable bonds is 4. The monoisotopic (exact) mass is 313 g/mol. The lowest BCUT2D eigenvalue weighted by atomic mass is 10.2. The van der Waals surface area contributed by atoms with Crippen molar-refractivity contribution >= 4 is 34.2 Å². The highest BCUT2D eigenvalue weighted by Gasteiger charge is 2.16. The van der Waals surface area contributed by atoms with Gasteiger partial charge < -0.3 is 4.57 Å². The summed E-state index contributed by atoms with van der Waals surface area (Å²) in [6.45, 7) is 6.97. The van der Waals surface area contributed by atoms with Crippen LogP contribution >= 0.6 is 11.3 Å². The number of carbonyl (C=O) groups is 1. The summed E-state index contributed by atoms with van der Waals surface area (Å²) in [6.07, 6.45) is 0.956. The van der Waals surface area contributed by atoms with Crippen LogP contribution < -0.4 is 5.32 Å². The summed E-state index contributed by atoms with van der Waals surface area (Å²) in [5.74, 6) is 0.524. The Labute approximate surface area is 133 Å². The largest absolute Gasteiger partial charge is 0.310 e. The molecule has 0 atom stereocenters. The molecule has 0 fully saturated rings. The van der Waals surface area contributed by atoms with Gasteiger partial charge in [0.25, 0.3) is 5.91 Å². The fourth-order valence-electron chi connectivity index (χ4n) is 2.64. The number of anilines is 1. The van der Waals surface area contributed by atoms with Crippen LogP contribution in [0.2, 0.25) is 0 Å². The molecule has 0 saturated heterocycles. The molecule has 0 bridgehead atoms. The maximum atomic E-state index is 12.5. The van der Waals surface area contributed by atoms with E-state index in [1.54, 1.807) is 11.3 Å². The Hall–Kier alpha value is -2.14. The van der Waals surface area contributed by atoms with Crippen LogP contribution in [0.3, 0.4) is 0 Å². The molecule has 3 rings (SSSR count). The number of para-hydroxylation sites is 2. The zero-order valence-corrected chi connectivity index (χ0v) is 13.8. The summed E-state index contributed by atoms with van der Waals surface area (Å²) in [5, 5.41) is 2.96. The predicted octanol–water partition coefficient (Wildman–Crippen LogP) is 4.24. The SMILES string of the molecule is CCc1sc(C(=O)Nc2nc3ccccc3n2CC)cc1C. The number of amides is 1. The standard InChI is InChI=1S/C17H19N3OS/c1-4-14-11(3)10-15(22-14)16(21)19-17-18-12-8-6-7-9-13(12)20(17)5-2/h6-10H,4-5H2,1-3H3,(H,18,19,21). The normalized spacial score (nSPS) is 11.0. The number of aryl methyl sites for hydroxylation is 3. The van der Waals surface area contributed by atoms with E-state index in [2.05, 4.69) is 17.2 Å². The Morgan fingerprint density at radius 2 is 2.09 bits per heavy atom. The van der Waals surface area contributed by atoms with Crippen LogP contribution in [0.4, 0.5) is 5.95 Å². The highest BCUT2D eigenvalue weighted by Crippen LogP contribution is 2.24. The lowest BCUT2D eigenvalue weighted by Gasteiger charge is -2.06. The lowest BCUT2D eigenvalue weighted by Crippen LogP contribution is -2.14.